The van der Waals surface area contributed by atoms with Gasteiger partial charge in [0.05, 0.1) is 11.4 Å². The number of para-hydroxylation sites is 3. The molecule has 5 aromatic rings. The van der Waals surface area contributed by atoms with Gasteiger partial charge < -0.3 is 9.73 Å². The summed E-state index contributed by atoms with van der Waals surface area (Å²) in [5, 5.41) is 4.78. The van der Waals surface area contributed by atoms with Crippen LogP contribution in [-0.4, -0.2) is 21.8 Å². The van der Waals surface area contributed by atoms with E-state index in [4.69, 9.17) is 4.42 Å². The van der Waals surface area contributed by atoms with Crippen molar-refractivity contribution in [1.82, 2.24) is 9.97 Å². The third kappa shape index (κ3) is 4.91. The summed E-state index contributed by atoms with van der Waals surface area (Å²) in [6, 6.07) is 20.7. The number of rotatable bonds is 6. The fraction of sp³-hybridized carbons (Fsp3) is 0.0370. The number of amides is 2. The van der Waals surface area contributed by atoms with Gasteiger partial charge in [-0.15, -0.1) is 11.3 Å². The number of hydrogen-bond acceptors (Lipinski definition) is 6. The average molecular weight is 499 g/mol. The molecule has 0 spiro atoms. The topological polar surface area (TPSA) is 88.3 Å². The van der Waals surface area contributed by atoms with Crippen LogP contribution in [0.3, 0.4) is 0 Å². The van der Waals surface area contributed by atoms with Crippen LogP contribution in [0.25, 0.3) is 28.6 Å². The lowest BCUT2D eigenvalue weighted by atomic mass is 10.2. The van der Waals surface area contributed by atoms with Crippen LogP contribution in [0.4, 0.5) is 20.9 Å². The number of carbonyl (C=O) groups excluding carboxylic acids is 2. The molecule has 3 aromatic carbocycles. The van der Waals surface area contributed by atoms with E-state index in [-0.39, 0.29) is 17.5 Å². The van der Waals surface area contributed by atoms with Gasteiger partial charge in [-0.1, -0.05) is 24.3 Å². The van der Waals surface area contributed by atoms with E-state index in [1.165, 1.54) is 47.4 Å². The van der Waals surface area contributed by atoms with E-state index >= 15 is 0 Å². The predicted octanol–water partition coefficient (Wildman–Crippen LogP) is 6.43. The average Bonchev–Trinajstić information content (AvgIpc) is 3.52. The van der Waals surface area contributed by atoms with Crippen molar-refractivity contribution >= 4 is 56.8 Å². The fourth-order valence-corrected chi connectivity index (χ4v) is 4.38. The number of nitrogens with one attached hydrogen (secondary N) is 1. The fourth-order valence-electron chi connectivity index (χ4n) is 3.53. The Balaban J connectivity index is 1.25. The molecule has 0 fully saturated rings. The normalized spacial score (nSPS) is 11.2. The summed E-state index contributed by atoms with van der Waals surface area (Å²) < 4.78 is 20.0. The smallest absolute Gasteiger partial charge is 0.248 e. The predicted molar refractivity (Wildman–Crippen MR) is 138 cm³/mol. The zero-order valence-corrected chi connectivity index (χ0v) is 19.8. The van der Waals surface area contributed by atoms with E-state index in [0.717, 1.165) is 11.1 Å². The molecule has 0 aliphatic rings. The summed E-state index contributed by atoms with van der Waals surface area (Å²) in [4.78, 5) is 34.6. The van der Waals surface area contributed by atoms with Crippen LogP contribution in [0.5, 0.6) is 0 Å². The number of fused-ring (bicyclic) bond motifs is 1. The second-order valence-electron chi connectivity index (χ2n) is 7.75. The summed E-state index contributed by atoms with van der Waals surface area (Å²) >= 11 is 1.18. The Morgan fingerprint density at radius 1 is 1.00 bits per heavy atom. The molecule has 9 heteroatoms. The molecule has 0 unspecified atom stereocenters. The summed E-state index contributed by atoms with van der Waals surface area (Å²) in [6.07, 6.45) is 2.87. The molecule has 0 saturated heterocycles. The second-order valence-corrected chi connectivity index (χ2v) is 8.58. The van der Waals surface area contributed by atoms with Crippen molar-refractivity contribution in [2.24, 2.45) is 0 Å². The maximum atomic E-state index is 14.2. The summed E-state index contributed by atoms with van der Waals surface area (Å²) in [6.45, 7) is 1.34. The molecule has 0 bridgehead atoms. The molecule has 2 aromatic heterocycles. The van der Waals surface area contributed by atoms with Crippen molar-refractivity contribution in [1.29, 1.82) is 0 Å². The second kappa shape index (κ2) is 9.93. The third-order valence-electron chi connectivity index (χ3n) is 5.21. The summed E-state index contributed by atoms with van der Waals surface area (Å²) in [7, 11) is 0. The lowest BCUT2D eigenvalue weighted by molar-refractivity contribution is -0.116. The monoisotopic (exact) mass is 498 g/mol. The first-order chi connectivity index (χ1) is 17.5. The van der Waals surface area contributed by atoms with Crippen molar-refractivity contribution in [3.05, 3.63) is 95.8 Å². The van der Waals surface area contributed by atoms with E-state index < -0.39 is 5.82 Å². The largest absolute Gasteiger partial charge is 0.436 e. The molecular weight excluding hydrogens is 479 g/mol. The first-order valence-electron chi connectivity index (χ1n) is 10.9. The van der Waals surface area contributed by atoms with Gasteiger partial charge in [0, 0.05) is 29.6 Å². The van der Waals surface area contributed by atoms with Crippen LogP contribution < -0.4 is 10.2 Å². The van der Waals surface area contributed by atoms with Gasteiger partial charge in [0.1, 0.15) is 11.3 Å². The lowest BCUT2D eigenvalue weighted by Crippen LogP contribution is -2.23. The number of thiazole rings is 1. The molecule has 0 radical (unpaired) electrons. The van der Waals surface area contributed by atoms with Crippen LogP contribution in [-0.2, 0) is 9.59 Å². The molecule has 178 valence electrons. The highest BCUT2D eigenvalue weighted by Crippen LogP contribution is 2.31. The SMILES string of the molecule is CC(=O)N(c1nc(/C=C/C(=O)Nc2ccc(-c3nc4ccccc4o3)cc2)cs1)c1ccccc1F. The maximum Gasteiger partial charge on any atom is 0.248 e. The molecule has 5 rings (SSSR count). The first-order valence-corrected chi connectivity index (χ1v) is 11.8. The highest BCUT2D eigenvalue weighted by molar-refractivity contribution is 7.14. The van der Waals surface area contributed by atoms with Gasteiger partial charge >= 0.3 is 0 Å². The van der Waals surface area contributed by atoms with Crippen molar-refractivity contribution in [3.63, 3.8) is 0 Å². The summed E-state index contributed by atoms with van der Waals surface area (Å²) in [5.74, 6) is -0.745. The first kappa shape index (κ1) is 23.1. The minimum Gasteiger partial charge on any atom is -0.436 e. The van der Waals surface area contributed by atoms with E-state index in [1.807, 2.05) is 36.4 Å². The van der Waals surface area contributed by atoms with Gasteiger partial charge in [0.25, 0.3) is 0 Å². The molecule has 2 amide bonds. The molecule has 36 heavy (non-hydrogen) atoms. The molecule has 2 heterocycles. The Hall–Kier alpha value is -4.63. The molecule has 1 N–H and O–H groups in total. The Labute approximate surface area is 209 Å². The number of anilines is 3. The Morgan fingerprint density at radius 3 is 2.50 bits per heavy atom. The zero-order chi connectivity index (χ0) is 25.1. The van der Waals surface area contributed by atoms with Crippen LogP contribution in [0.15, 0.2) is 88.7 Å². The minimum absolute atomic E-state index is 0.119. The van der Waals surface area contributed by atoms with Gasteiger partial charge in [-0.3, -0.25) is 14.5 Å². The van der Waals surface area contributed by atoms with Gasteiger partial charge in [0.2, 0.25) is 17.7 Å². The number of aromatic nitrogens is 2. The lowest BCUT2D eigenvalue weighted by Gasteiger charge is -2.18. The minimum atomic E-state index is -0.526. The number of nitrogens with zero attached hydrogens (tertiary/aromatic N) is 3. The molecule has 0 aliphatic heterocycles. The molecule has 7 nitrogen and oxygen atoms in total. The molecule has 0 saturated carbocycles. The number of oxazole rings is 1. The van der Waals surface area contributed by atoms with Crippen molar-refractivity contribution in [3.8, 4) is 11.5 Å². The van der Waals surface area contributed by atoms with Gasteiger partial charge in [-0.25, -0.2) is 14.4 Å². The van der Waals surface area contributed by atoms with Crippen LogP contribution in [0.1, 0.15) is 12.6 Å². The van der Waals surface area contributed by atoms with E-state index in [9.17, 15) is 14.0 Å². The number of benzene rings is 3. The van der Waals surface area contributed by atoms with Gasteiger partial charge in [-0.05, 0) is 54.6 Å². The van der Waals surface area contributed by atoms with E-state index in [0.29, 0.717) is 28.0 Å². The highest BCUT2D eigenvalue weighted by atomic mass is 32.1. The molecule has 0 atom stereocenters. The van der Waals surface area contributed by atoms with Gasteiger partial charge in [-0.2, -0.15) is 0 Å². The Bertz CT molecular complexity index is 1560. The van der Waals surface area contributed by atoms with Crippen molar-refractivity contribution < 1.29 is 18.4 Å². The Kier molecular flexibility index (Phi) is 6.38. The zero-order valence-electron chi connectivity index (χ0n) is 19.0. The Morgan fingerprint density at radius 2 is 1.75 bits per heavy atom. The van der Waals surface area contributed by atoms with E-state index in [2.05, 4.69) is 15.3 Å². The van der Waals surface area contributed by atoms with Crippen molar-refractivity contribution in [2.75, 3.05) is 10.2 Å². The number of halogens is 1. The number of carbonyl (C=O) groups is 2. The quantitative estimate of drug-likeness (QED) is 0.273. The number of hydrogen-bond donors (Lipinski definition) is 1. The van der Waals surface area contributed by atoms with E-state index in [1.54, 1.807) is 29.6 Å². The highest BCUT2D eigenvalue weighted by Gasteiger charge is 2.20. The van der Waals surface area contributed by atoms with Crippen LogP contribution in [0.2, 0.25) is 0 Å². The summed E-state index contributed by atoms with van der Waals surface area (Å²) in [5.41, 5.74) is 3.47. The third-order valence-corrected chi connectivity index (χ3v) is 6.05. The maximum absolute atomic E-state index is 14.2. The van der Waals surface area contributed by atoms with Crippen molar-refractivity contribution in [2.45, 2.75) is 6.92 Å². The van der Waals surface area contributed by atoms with Gasteiger partial charge in [0.15, 0.2) is 10.7 Å². The molecular formula is C27H19FN4O3S. The van der Waals surface area contributed by atoms with Crippen LogP contribution >= 0.6 is 11.3 Å². The standard InChI is InChI=1S/C27H19FN4O3S/c1-17(33)32(23-8-4-2-6-21(23)28)27-30-20(16-36-27)14-15-25(34)29-19-12-10-18(11-13-19)26-31-22-7-3-5-9-24(22)35-26/h2-16H,1H3,(H,29,34)/b15-14+. The van der Waals surface area contributed by atoms with Crippen LogP contribution in [0, 0.1) is 5.82 Å². The molecule has 0 aliphatic carbocycles.